The first kappa shape index (κ1) is 18.3. The van der Waals surface area contributed by atoms with Gasteiger partial charge in [0.2, 0.25) is 0 Å². The Hall–Kier alpha value is -2.49. The fourth-order valence-electron chi connectivity index (χ4n) is 2.45. The highest BCUT2D eigenvalue weighted by Crippen LogP contribution is 2.34. The van der Waals surface area contributed by atoms with E-state index in [1.54, 1.807) is 17.8 Å². The fourth-order valence-corrected chi connectivity index (χ4v) is 3.66. The maximum absolute atomic E-state index is 12.3. The average Bonchev–Trinajstić information content (AvgIpc) is 2.64. The first-order chi connectivity index (χ1) is 12.6. The van der Waals surface area contributed by atoms with Gasteiger partial charge in [0.1, 0.15) is 0 Å². The van der Waals surface area contributed by atoms with Gasteiger partial charge in [-0.05, 0) is 37.3 Å². The van der Waals surface area contributed by atoms with Gasteiger partial charge in [-0.1, -0.05) is 71.9 Å². The van der Waals surface area contributed by atoms with E-state index in [0.29, 0.717) is 10.6 Å². The van der Waals surface area contributed by atoms with E-state index in [0.717, 1.165) is 21.2 Å². The van der Waals surface area contributed by atoms with Gasteiger partial charge in [0.25, 0.3) is 0 Å². The van der Waals surface area contributed by atoms with Crippen LogP contribution in [0.25, 0.3) is 0 Å². The van der Waals surface area contributed by atoms with Crippen molar-refractivity contribution >= 4 is 34.8 Å². The molecule has 3 aromatic rings. The number of allylic oxidation sites excluding steroid dienone is 2. The van der Waals surface area contributed by atoms with Crippen molar-refractivity contribution in [3.8, 4) is 0 Å². The molecule has 0 bridgehead atoms. The van der Waals surface area contributed by atoms with E-state index >= 15 is 0 Å². The summed E-state index contributed by atoms with van der Waals surface area (Å²) in [6, 6.07) is 25.0. The Kier molecular flexibility index (Phi) is 6.16. The van der Waals surface area contributed by atoms with Crippen molar-refractivity contribution in [3.05, 3.63) is 101 Å². The molecule has 0 aromatic heterocycles. The van der Waals surface area contributed by atoms with Crippen molar-refractivity contribution < 1.29 is 4.79 Å². The zero-order valence-electron chi connectivity index (χ0n) is 14.3. The Labute approximate surface area is 162 Å². The van der Waals surface area contributed by atoms with Gasteiger partial charge in [0.05, 0.1) is 5.69 Å². The third-order valence-electron chi connectivity index (χ3n) is 3.65. The zero-order chi connectivity index (χ0) is 18.4. The summed E-state index contributed by atoms with van der Waals surface area (Å²) in [5.41, 5.74) is 2.42. The van der Waals surface area contributed by atoms with E-state index < -0.39 is 0 Å². The second-order valence-electron chi connectivity index (χ2n) is 5.74. The molecule has 0 atom stereocenters. The summed E-state index contributed by atoms with van der Waals surface area (Å²) in [6.07, 6.45) is 1.62. The van der Waals surface area contributed by atoms with E-state index in [2.05, 4.69) is 5.32 Å². The molecule has 3 aromatic carbocycles. The van der Waals surface area contributed by atoms with Crippen molar-refractivity contribution in [3.63, 3.8) is 0 Å². The van der Waals surface area contributed by atoms with Crippen LogP contribution in [0.1, 0.15) is 17.3 Å². The number of benzene rings is 3. The molecule has 0 spiro atoms. The average molecular weight is 380 g/mol. The Bertz CT molecular complexity index is 938. The normalized spacial score (nSPS) is 11.2. The van der Waals surface area contributed by atoms with Gasteiger partial charge in [-0.15, -0.1) is 0 Å². The zero-order valence-corrected chi connectivity index (χ0v) is 15.8. The topological polar surface area (TPSA) is 29.1 Å². The highest BCUT2D eigenvalue weighted by atomic mass is 35.5. The van der Waals surface area contributed by atoms with Crippen LogP contribution < -0.4 is 5.32 Å². The molecule has 130 valence electrons. The number of nitrogens with one attached hydrogen (secondary N) is 1. The van der Waals surface area contributed by atoms with E-state index in [9.17, 15) is 4.79 Å². The Morgan fingerprint density at radius 3 is 2.46 bits per heavy atom. The third kappa shape index (κ3) is 5.01. The highest BCUT2D eigenvalue weighted by molar-refractivity contribution is 7.99. The predicted molar refractivity (Wildman–Crippen MR) is 110 cm³/mol. The summed E-state index contributed by atoms with van der Waals surface area (Å²) >= 11 is 7.70. The molecule has 0 aliphatic carbocycles. The quantitative estimate of drug-likeness (QED) is 0.382. The molecule has 0 aliphatic rings. The van der Waals surface area contributed by atoms with Gasteiger partial charge in [-0.25, -0.2) is 0 Å². The van der Waals surface area contributed by atoms with Gasteiger partial charge in [0.15, 0.2) is 5.78 Å². The molecule has 26 heavy (non-hydrogen) atoms. The fraction of sp³-hybridized carbons (Fsp3) is 0.0455. The summed E-state index contributed by atoms with van der Waals surface area (Å²) < 4.78 is 0. The van der Waals surface area contributed by atoms with Crippen LogP contribution in [0.4, 0.5) is 5.69 Å². The van der Waals surface area contributed by atoms with Gasteiger partial charge >= 0.3 is 0 Å². The van der Waals surface area contributed by atoms with E-state index in [1.807, 2.05) is 85.8 Å². The monoisotopic (exact) mass is 379 g/mol. The Morgan fingerprint density at radius 1 is 0.962 bits per heavy atom. The van der Waals surface area contributed by atoms with Crippen LogP contribution in [0.2, 0.25) is 5.02 Å². The third-order valence-corrected chi connectivity index (χ3v) is 4.95. The SMILES string of the molecule is C/C(=C/C(=O)c1ccccc1)Nc1ccccc1Sc1cccc(Cl)c1. The van der Waals surface area contributed by atoms with Gasteiger partial charge in [-0.2, -0.15) is 0 Å². The number of carbonyl (C=O) groups excluding carboxylic acids is 1. The van der Waals surface area contributed by atoms with Crippen LogP contribution in [0.5, 0.6) is 0 Å². The number of hydrogen-bond acceptors (Lipinski definition) is 3. The lowest BCUT2D eigenvalue weighted by Gasteiger charge is -2.12. The molecular weight excluding hydrogens is 362 g/mol. The second-order valence-corrected chi connectivity index (χ2v) is 7.29. The predicted octanol–water partition coefficient (Wildman–Crippen LogP) is 6.69. The summed E-state index contributed by atoms with van der Waals surface area (Å²) in [7, 11) is 0. The van der Waals surface area contributed by atoms with E-state index in [1.165, 1.54) is 0 Å². The van der Waals surface area contributed by atoms with E-state index in [-0.39, 0.29) is 5.78 Å². The van der Waals surface area contributed by atoms with E-state index in [4.69, 9.17) is 11.6 Å². The summed E-state index contributed by atoms with van der Waals surface area (Å²) in [5, 5.41) is 4.05. The molecule has 0 aliphatic heterocycles. The number of ketones is 1. The molecule has 0 fully saturated rings. The van der Waals surface area contributed by atoms with Gasteiger partial charge < -0.3 is 5.32 Å². The Balaban J connectivity index is 1.77. The number of halogens is 1. The summed E-state index contributed by atoms with van der Waals surface area (Å²) in [6.45, 7) is 1.89. The molecule has 2 nitrogen and oxygen atoms in total. The number of anilines is 1. The lowest BCUT2D eigenvalue weighted by molar-refractivity contribution is 0.104. The van der Waals surface area contributed by atoms with Crippen molar-refractivity contribution in [1.82, 2.24) is 0 Å². The molecule has 0 saturated carbocycles. The lowest BCUT2D eigenvalue weighted by atomic mass is 10.1. The molecular formula is C22H18ClNOS. The first-order valence-electron chi connectivity index (χ1n) is 8.19. The minimum Gasteiger partial charge on any atom is -0.358 e. The Morgan fingerprint density at radius 2 is 1.69 bits per heavy atom. The van der Waals surface area contributed by atoms with Crippen LogP contribution >= 0.6 is 23.4 Å². The first-order valence-corrected chi connectivity index (χ1v) is 9.38. The number of hydrogen-bond donors (Lipinski definition) is 1. The van der Waals surface area contributed by atoms with Crippen LogP contribution in [-0.2, 0) is 0 Å². The number of rotatable bonds is 6. The molecule has 4 heteroatoms. The molecule has 0 saturated heterocycles. The van der Waals surface area contributed by atoms with Crippen LogP contribution in [-0.4, -0.2) is 5.78 Å². The molecule has 0 unspecified atom stereocenters. The molecule has 3 rings (SSSR count). The van der Waals surface area contributed by atoms with Crippen molar-refractivity contribution in [1.29, 1.82) is 0 Å². The standard InChI is InChI=1S/C22H18ClNOS/c1-16(14-21(25)17-8-3-2-4-9-17)24-20-12-5-6-13-22(20)26-19-11-7-10-18(23)15-19/h2-15,24H,1H3/b16-14-. The number of carbonyl (C=O) groups is 1. The van der Waals surface area contributed by atoms with Crippen LogP contribution in [0.3, 0.4) is 0 Å². The smallest absolute Gasteiger partial charge is 0.187 e. The van der Waals surface area contributed by atoms with Gasteiger partial charge in [0, 0.05) is 32.2 Å². The van der Waals surface area contributed by atoms with Crippen molar-refractivity contribution in [2.45, 2.75) is 16.7 Å². The molecule has 0 radical (unpaired) electrons. The summed E-state index contributed by atoms with van der Waals surface area (Å²) in [4.78, 5) is 14.5. The largest absolute Gasteiger partial charge is 0.358 e. The number of para-hydroxylation sites is 1. The highest BCUT2D eigenvalue weighted by Gasteiger charge is 2.07. The minimum absolute atomic E-state index is 0.0180. The van der Waals surface area contributed by atoms with Crippen molar-refractivity contribution in [2.24, 2.45) is 0 Å². The molecule has 0 heterocycles. The molecule has 1 N–H and O–H groups in total. The van der Waals surface area contributed by atoms with Crippen LogP contribution in [0.15, 0.2) is 100 Å². The second kappa shape index (κ2) is 8.75. The summed E-state index contributed by atoms with van der Waals surface area (Å²) in [5.74, 6) is -0.0180. The van der Waals surface area contributed by atoms with Crippen LogP contribution in [0, 0.1) is 0 Å². The maximum Gasteiger partial charge on any atom is 0.187 e. The minimum atomic E-state index is -0.0180. The lowest BCUT2D eigenvalue weighted by Crippen LogP contribution is -2.02. The molecule has 0 amide bonds. The van der Waals surface area contributed by atoms with Gasteiger partial charge in [-0.3, -0.25) is 4.79 Å². The maximum atomic E-state index is 12.3. The van der Waals surface area contributed by atoms with Crippen molar-refractivity contribution in [2.75, 3.05) is 5.32 Å².